The van der Waals surface area contributed by atoms with Crippen molar-refractivity contribution in [1.29, 1.82) is 0 Å². The Bertz CT molecular complexity index is 1270. The molecule has 4 rings (SSSR count). The van der Waals surface area contributed by atoms with Crippen LogP contribution in [0.5, 0.6) is 0 Å². The van der Waals surface area contributed by atoms with Crippen molar-refractivity contribution < 1.29 is 0 Å². The fraction of sp³-hybridized carbons (Fsp3) is 0. The van der Waals surface area contributed by atoms with Crippen LogP contribution in [0.25, 0.3) is 22.4 Å². The zero-order valence-electron chi connectivity index (χ0n) is 17.6. The van der Waals surface area contributed by atoms with Gasteiger partial charge in [0, 0.05) is 15.6 Å². The molecule has 0 spiro atoms. The van der Waals surface area contributed by atoms with Crippen molar-refractivity contribution in [2.24, 2.45) is 10.7 Å². The Labute approximate surface area is 197 Å². The van der Waals surface area contributed by atoms with Gasteiger partial charge in [-0.2, -0.15) is 0 Å². The Balaban J connectivity index is 1.74. The summed E-state index contributed by atoms with van der Waals surface area (Å²) in [5.74, 6) is 0.464. The zero-order valence-corrected chi connectivity index (χ0v) is 19.2. The molecule has 0 aromatic heterocycles. The Hall–Kier alpha value is -3.69. The van der Waals surface area contributed by atoms with Gasteiger partial charge in [-0.25, -0.2) is 4.99 Å². The molecule has 0 heterocycles. The first kappa shape index (κ1) is 21.5. The summed E-state index contributed by atoms with van der Waals surface area (Å²) < 4.78 is 1.01. The van der Waals surface area contributed by atoms with E-state index in [4.69, 9.17) is 10.7 Å². The van der Waals surface area contributed by atoms with Crippen molar-refractivity contribution in [3.8, 4) is 11.1 Å². The van der Waals surface area contributed by atoms with Crippen LogP contribution in [0.2, 0.25) is 0 Å². The minimum absolute atomic E-state index is 0.464. The molecule has 0 amide bonds. The van der Waals surface area contributed by atoms with Gasteiger partial charge < -0.3 is 5.73 Å². The van der Waals surface area contributed by atoms with Crippen LogP contribution in [0.3, 0.4) is 0 Å². The third-order valence-electron chi connectivity index (χ3n) is 5.10. The molecule has 32 heavy (non-hydrogen) atoms. The van der Waals surface area contributed by atoms with Crippen molar-refractivity contribution in [2.45, 2.75) is 0 Å². The highest BCUT2D eigenvalue weighted by Crippen LogP contribution is 2.27. The molecular weight excluding hydrogens is 456 g/mol. The standard InChI is InChI=1S/C29H23BrN2/c1-21(26-13-8-14-27(30)20-26)19-28(32-29(31)25-11-6-3-7-12-25)24-17-15-23(16-18-24)22-9-4-2-5-10-22/h2-20H,1H2,(H2,31,32)/b28-19-. The fourth-order valence-electron chi connectivity index (χ4n) is 3.38. The van der Waals surface area contributed by atoms with Crippen LogP contribution >= 0.6 is 15.9 Å². The highest BCUT2D eigenvalue weighted by atomic mass is 79.9. The number of hydrogen-bond acceptors (Lipinski definition) is 1. The van der Waals surface area contributed by atoms with Gasteiger partial charge >= 0.3 is 0 Å². The average Bonchev–Trinajstić information content (AvgIpc) is 2.85. The third-order valence-corrected chi connectivity index (χ3v) is 5.60. The number of aliphatic imine (C=N–C) groups is 1. The van der Waals surface area contributed by atoms with Crippen LogP contribution in [0.1, 0.15) is 16.7 Å². The second-order valence-electron chi connectivity index (χ2n) is 7.37. The van der Waals surface area contributed by atoms with Crippen LogP contribution in [0.15, 0.2) is 131 Å². The summed E-state index contributed by atoms with van der Waals surface area (Å²) >= 11 is 3.53. The maximum atomic E-state index is 6.36. The van der Waals surface area contributed by atoms with Crippen molar-refractivity contribution >= 4 is 33.0 Å². The first-order valence-electron chi connectivity index (χ1n) is 10.3. The fourth-order valence-corrected chi connectivity index (χ4v) is 3.78. The number of hydrogen-bond donors (Lipinski definition) is 1. The number of benzene rings is 4. The lowest BCUT2D eigenvalue weighted by Gasteiger charge is -2.09. The van der Waals surface area contributed by atoms with E-state index in [-0.39, 0.29) is 0 Å². The molecule has 4 aromatic carbocycles. The zero-order chi connectivity index (χ0) is 22.3. The van der Waals surface area contributed by atoms with Crippen molar-refractivity contribution in [1.82, 2.24) is 0 Å². The van der Waals surface area contributed by atoms with Crippen LogP contribution in [-0.2, 0) is 0 Å². The Morgan fingerprint density at radius 2 is 1.28 bits per heavy atom. The van der Waals surface area contributed by atoms with Crippen LogP contribution in [-0.4, -0.2) is 5.84 Å². The lowest BCUT2D eigenvalue weighted by Crippen LogP contribution is -2.13. The number of nitrogens with two attached hydrogens (primary N) is 1. The maximum absolute atomic E-state index is 6.36. The third kappa shape index (κ3) is 5.32. The molecule has 4 aromatic rings. The highest BCUT2D eigenvalue weighted by molar-refractivity contribution is 9.10. The molecule has 2 N–H and O–H groups in total. The summed E-state index contributed by atoms with van der Waals surface area (Å²) in [6, 6.07) is 36.5. The van der Waals surface area contributed by atoms with E-state index in [1.54, 1.807) is 0 Å². The quantitative estimate of drug-likeness (QED) is 0.173. The minimum atomic E-state index is 0.464. The van der Waals surface area contributed by atoms with Gasteiger partial charge in [-0.05, 0) is 40.5 Å². The summed E-state index contributed by atoms with van der Waals surface area (Å²) in [6.07, 6.45) is 1.98. The molecule has 0 aliphatic carbocycles. The van der Waals surface area contributed by atoms with E-state index in [2.05, 4.69) is 58.9 Å². The van der Waals surface area contributed by atoms with Crippen molar-refractivity contribution in [2.75, 3.05) is 0 Å². The minimum Gasteiger partial charge on any atom is -0.383 e. The maximum Gasteiger partial charge on any atom is 0.131 e. The molecular formula is C29H23BrN2. The predicted octanol–water partition coefficient (Wildman–Crippen LogP) is 7.58. The van der Waals surface area contributed by atoms with E-state index in [1.165, 1.54) is 5.56 Å². The Kier molecular flexibility index (Phi) is 6.78. The van der Waals surface area contributed by atoms with E-state index in [0.717, 1.165) is 38.0 Å². The summed E-state index contributed by atoms with van der Waals surface area (Å²) in [4.78, 5) is 4.79. The molecule has 0 aliphatic heterocycles. The first-order chi connectivity index (χ1) is 15.6. The number of rotatable bonds is 6. The van der Waals surface area contributed by atoms with Gasteiger partial charge in [-0.1, -0.05) is 120 Å². The van der Waals surface area contributed by atoms with Crippen LogP contribution in [0, 0.1) is 0 Å². The molecule has 0 radical (unpaired) electrons. The SMILES string of the molecule is C=C(/C=C(\N=C(N)c1ccccc1)c1ccc(-c2ccccc2)cc1)c1cccc(Br)c1. The monoisotopic (exact) mass is 478 g/mol. The number of amidine groups is 1. The predicted molar refractivity (Wildman–Crippen MR) is 140 cm³/mol. The van der Waals surface area contributed by atoms with Crippen LogP contribution < -0.4 is 5.73 Å². The van der Waals surface area contributed by atoms with Gasteiger partial charge in [0.05, 0.1) is 5.70 Å². The molecule has 0 bridgehead atoms. The molecule has 0 unspecified atom stereocenters. The molecule has 3 heteroatoms. The van der Waals surface area contributed by atoms with E-state index in [9.17, 15) is 0 Å². The number of nitrogens with zero attached hydrogens (tertiary/aromatic N) is 1. The van der Waals surface area contributed by atoms with Crippen molar-refractivity contribution in [3.05, 3.63) is 143 Å². The first-order valence-corrected chi connectivity index (χ1v) is 11.1. The van der Waals surface area contributed by atoms with E-state index >= 15 is 0 Å². The Morgan fingerprint density at radius 3 is 1.94 bits per heavy atom. The van der Waals surface area contributed by atoms with E-state index in [0.29, 0.717) is 5.84 Å². The van der Waals surface area contributed by atoms with Gasteiger partial charge in [-0.3, -0.25) is 0 Å². The summed E-state index contributed by atoms with van der Waals surface area (Å²) in [6.45, 7) is 4.27. The molecule has 0 atom stereocenters. The van der Waals surface area contributed by atoms with Gasteiger partial charge in [-0.15, -0.1) is 0 Å². The van der Waals surface area contributed by atoms with E-state index in [1.807, 2.05) is 78.9 Å². The average molecular weight is 479 g/mol. The van der Waals surface area contributed by atoms with Gasteiger partial charge in [0.2, 0.25) is 0 Å². The van der Waals surface area contributed by atoms with Gasteiger partial charge in [0.15, 0.2) is 0 Å². The van der Waals surface area contributed by atoms with Gasteiger partial charge in [0.1, 0.15) is 5.84 Å². The van der Waals surface area contributed by atoms with Crippen molar-refractivity contribution in [3.63, 3.8) is 0 Å². The lowest BCUT2D eigenvalue weighted by molar-refractivity contribution is 1.44. The molecule has 0 saturated heterocycles. The molecule has 2 nitrogen and oxygen atoms in total. The molecule has 0 aliphatic rings. The lowest BCUT2D eigenvalue weighted by atomic mass is 10.0. The normalized spacial score (nSPS) is 11.9. The second-order valence-corrected chi connectivity index (χ2v) is 8.29. The number of halogens is 1. The Morgan fingerprint density at radius 1 is 0.688 bits per heavy atom. The summed E-state index contributed by atoms with van der Waals surface area (Å²) in [5.41, 5.74) is 13.2. The molecule has 0 saturated carbocycles. The topological polar surface area (TPSA) is 38.4 Å². The molecule has 156 valence electrons. The molecule has 0 fully saturated rings. The summed E-state index contributed by atoms with van der Waals surface area (Å²) in [7, 11) is 0. The second kappa shape index (κ2) is 10.1. The summed E-state index contributed by atoms with van der Waals surface area (Å²) in [5, 5.41) is 0. The highest BCUT2D eigenvalue weighted by Gasteiger charge is 2.07. The van der Waals surface area contributed by atoms with Crippen LogP contribution in [0.4, 0.5) is 0 Å². The number of allylic oxidation sites excluding steroid dienone is 2. The van der Waals surface area contributed by atoms with Gasteiger partial charge in [0.25, 0.3) is 0 Å². The largest absolute Gasteiger partial charge is 0.383 e. The van der Waals surface area contributed by atoms with E-state index < -0.39 is 0 Å². The smallest absolute Gasteiger partial charge is 0.131 e.